The van der Waals surface area contributed by atoms with Crippen molar-refractivity contribution in [3.63, 3.8) is 0 Å². The van der Waals surface area contributed by atoms with E-state index in [1.54, 1.807) is 6.07 Å². The third kappa shape index (κ3) is 2.90. The average Bonchev–Trinajstić information content (AvgIpc) is 2.99. The lowest BCUT2D eigenvalue weighted by molar-refractivity contribution is 0.0918. The zero-order chi connectivity index (χ0) is 13.8. The highest BCUT2D eigenvalue weighted by Crippen LogP contribution is 2.21. The topological polar surface area (TPSA) is 55.1 Å². The van der Waals surface area contributed by atoms with Gasteiger partial charge in [-0.05, 0) is 12.8 Å². The van der Waals surface area contributed by atoms with E-state index in [0.29, 0.717) is 11.5 Å². The molecule has 1 amide bonds. The molecule has 1 aliphatic carbocycles. The Morgan fingerprint density at radius 3 is 2.65 bits per heavy atom. The van der Waals surface area contributed by atoms with Crippen molar-refractivity contribution in [1.82, 2.24) is 10.5 Å². The van der Waals surface area contributed by atoms with E-state index >= 15 is 0 Å². The quantitative estimate of drug-likeness (QED) is 0.930. The van der Waals surface area contributed by atoms with E-state index in [9.17, 15) is 4.79 Å². The minimum atomic E-state index is -0.136. The summed E-state index contributed by atoms with van der Waals surface area (Å²) in [5.41, 5.74) is 1.28. The summed E-state index contributed by atoms with van der Waals surface area (Å²) in [5.74, 6) is 0.488. The summed E-state index contributed by atoms with van der Waals surface area (Å²) in [6, 6.07) is 11.7. The Hall–Kier alpha value is -2.10. The highest BCUT2D eigenvalue weighted by atomic mass is 16.5. The number of amides is 1. The van der Waals surface area contributed by atoms with Crippen LogP contribution in [0, 0.1) is 0 Å². The van der Waals surface area contributed by atoms with Gasteiger partial charge in [0.15, 0.2) is 11.5 Å². The molecule has 1 fully saturated rings. The smallest absolute Gasteiger partial charge is 0.273 e. The summed E-state index contributed by atoms with van der Waals surface area (Å²) in [4.78, 5) is 12.1. The van der Waals surface area contributed by atoms with Crippen molar-refractivity contribution < 1.29 is 9.32 Å². The van der Waals surface area contributed by atoms with E-state index in [1.807, 2.05) is 30.3 Å². The molecular weight excluding hydrogens is 252 g/mol. The van der Waals surface area contributed by atoms with Crippen LogP contribution in [0.15, 0.2) is 40.9 Å². The molecule has 4 heteroatoms. The zero-order valence-corrected chi connectivity index (χ0v) is 11.3. The second-order valence-corrected chi connectivity index (χ2v) is 5.25. The van der Waals surface area contributed by atoms with E-state index in [0.717, 1.165) is 18.4 Å². The molecular formula is C16H18N2O2. The first-order valence-electron chi connectivity index (χ1n) is 7.16. The number of benzene rings is 1. The number of hydrogen-bond donors (Lipinski definition) is 1. The molecule has 0 spiro atoms. The van der Waals surface area contributed by atoms with Gasteiger partial charge in [0.25, 0.3) is 5.91 Å². The fourth-order valence-corrected chi connectivity index (χ4v) is 2.63. The average molecular weight is 270 g/mol. The van der Waals surface area contributed by atoms with E-state index in [1.165, 1.54) is 19.3 Å². The normalized spacial score (nSPS) is 16.0. The van der Waals surface area contributed by atoms with Crippen molar-refractivity contribution in [1.29, 1.82) is 0 Å². The molecule has 0 radical (unpaired) electrons. The fraction of sp³-hybridized carbons (Fsp3) is 0.375. The first-order valence-corrected chi connectivity index (χ1v) is 7.16. The Balaban J connectivity index is 1.68. The molecule has 104 valence electrons. The summed E-state index contributed by atoms with van der Waals surface area (Å²) >= 11 is 0. The molecule has 1 aromatic heterocycles. The molecule has 0 saturated heterocycles. The molecule has 2 aromatic rings. The predicted octanol–water partition coefficient (Wildman–Crippen LogP) is 3.40. The monoisotopic (exact) mass is 270 g/mol. The van der Waals surface area contributed by atoms with Crippen molar-refractivity contribution in [3.05, 3.63) is 42.1 Å². The molecule has 4 nitrogen and oxygen atoms in total. The zero-order valence-electron chi connectivity index (χ0n) is 11.3. The molecule has 0 unspecified atom stereocenters. The van der Waals surface area contributed by atoms with Gasteiger partial charge in [0, 0.05) is 17.7 Å². The minimum absolute atomic E-state index is 0.136. The van der Waals surface area contributed by atoms with E-state index < -0.39 is 0 Å². The number of rotatable bonds is 3. The number of aromatic nitrogens is 1. The van der Waals surface area contributed by atoms with Crippen molar-refractivity contribution in [3.8, 4) is 11.3 Å². The van der Waals surface area contributed by atoms with Crippen LogP contribution >= 0.6 is 0 Å². The van der Waals surface area contributed by atoms with Crippen LogP contribution in [0.5, 0.6) is 0 Å². The first kappa shape index (κ1) is 12.9. The van der Waals surface area contributed by atoms with Crippen LogP contribution in [0.25, 0.3) is 11.3 Å². The Labute approximate surface area is 118 Å². The summed E-state index contributed by atoms with van der Waals surface area (Å²) < 4.78 is 5.25. The third-order valence-electron chi connectivity index (χ3n) is 3.74. The van der Waals surface area contributed by atoms with Crippen molar-refractivity contribution in [2.24, 2.45) is 0 Å². The molecule has 1 aromatic carbocycles. The summed E-state index contributed by atoms with van der Waals surface area (Å²) in [6.45, 7) is 0. The lowest BCUT2D eigenvalue weighted by atomic mass is 9.95. The highest BCUT2D eigenvalue weighted by Gasteiger charge is 2.19. The van der Waals surface area contributed by atoms with Crippen LogP contribution in [0.4, 0.5) is 0 Å². The van der Waals surface area contributed by atoms with Gasteiger partial charge in [0.05, 0.1) is 0 Å². The molecule has 1 aliphatic rings. The predicted molar refractivity (Wildman–Crippen MR) is 76.3 cm³/mol. The maximum atomic E-state index is 12.1. The molecule has 0 aliphatic heterocycles. The number of nitrogens with zero attached hydrogens (tertiary/aromatic N) is 1. The molecule has 20 heavy (non-hydrogen) atoms. The summed E-state index contributed by atoms with van der Waals surface area (Å²) in [7, 11) is 0. The Bertz CT molecular complexity index is 571. The van der Waals surface area contributed by atoms with E-state index in [4.69, 9.17) is 4.52 Å². The second-order valence-electron chi connectivity index (χ2n) is 5.25. The van der Waals surface area contributed by atoms with Crippen LogP contribution in [0.2, 0.25) is 0 Å². The fourth-order valence-electron chi connectivity index (χ4n) is 2.63. The summed E-state index contributed by atoms with van der Waals surface area (Å²) in [6.07, 6.45) is 5.79. The standard InChI is InChI=1S/C16H18N2O2/c19-16(17-13-9-5-2-6-10-13)14-11-15(20-18-14)12-7-3-1-4-8-12/h1,3-4,7-8,11,13H,2,5-6,9-10H2,(H,17,19). The lowest BCUT2D eigenvalue weighted by Gasteiger charge is -2.22. The van der Waals surface area contributed by atoms with Gasteiger partial charge in [-0.25, -0.2) is 0 Å². The van der Waals surface area contributed by atoms with Crippen LogP contribution in [0.1, 0.15) is 42.6 Å². The largest absolute Gasteiger partial charge is 0.355 e. The van der Waals surface area contributed by atoms with Gasteiger partial charge in [-0.1, -0.05) is 54.8 Å². The van der Waals surface area contributed by atoms with Crippen molar-refractivity contribution >= 4 is 5.91 Å². The molecule has 0 bridgehead atoms. The van der Waals surface area contributed by atoms with Crippen LogP contribution < -0.4 is 5.32 Å². The molecule has 1 heterocycles. The first-order chi connectivity index (χ1) is 9.83. The van der Waals surface area contributed by atoms with Gasteiger partial charge < -0.3 is 9.84 Å². The minimum Gasteiger partial charge on any atom is -0.355 e. The van der Waals surface area contributed by atoms with Crippen molar-refractivity contribution in [2.45, 2.75) is 38.1 Å². The van der Waals surface area contributed by atoms with E-state index in [-0.39, 0.29) is 11.9 Å². The number of carbonyl (C=O) groups is 1. The van der Waals surface area contributed by atoms with Crippen LogP contribution in [0.3, 0.4) is 0 Å². The van der Waals surface area contributed by atoms with Crippen LogP contribution in [-0.2, 0) is 0 Å². The molecule has 1 saturated carbocycles. The summed E-state index contributed by atoms with van der Waals surface area (Å²) in [5, 5.41) is 6.91. The Morgan fingerprint density at radius 2 is 1.90 bits per heavy atom. The SMILES string of the molecule is O=C(NC1CCCCC1)c1cc(-c2ccccc2)on1. The van der Waals surface area contributed by atoms with Gasteiger partial charge in [-0.15, -0.1) is 0 Å². The number of nitrogens with one attached hydrogen (secondary N) is 1. The maximum Gasteiger partial charge on any atom is 0.273 e. The maximum absolute atomic E-state index is 12.1. The third-order valence-corrected chi connectivity index (χ3v) is 3.74. The van der Waals surface area contributed by atoms with Gasteiger partial charge in [-0.3, -0.25) is 4.79 Å². The second kappa shape index (κ2) is 5.90. The lowest BCUT2D eigenvalue weighted by Crippen LogP contribution is -2.36. The number of carbonyl (C=O) groups excluding carboxylic acids is 1. The van der Waals surface area contributed by atoms with Crippen molar-refractivity contribution in [2.75, 3.05) is 0 Å². The van der Waals surface area contributed by atoms with Gasteiger partial charge in [-0.2, -0.15) is 0 Å². The highest BCUT2D eigenvalue weighted by molar-refractivity contribution is 5.93. The molecule has 0 atom stereocenters. The molecule has 1 N–H and O–H groups in total. The van der Waals surface area contributed by atoms with Gasteiger partial charge in [0.2, 0.25) is 0 Å². The van der Waals surface area contributed by atoms with E-state index in [2.05, 4.69) is 10.5 Å². The van der Waals surface area contributed by atoms with Gasteiger partial charge in [0.1, 0.15) is 0 Å². The van der Waals surface area contributed by atoms with Gasteiger partial charge >= 0.3 is 0 Å². The number of hydrogen-bond acceptors (Lipinski definition) is 3. The van der Waals surface area contributed by atoms with Crippen LogP contribution in [-0.4, -0.2) is 17.1 Å². The Morgan fingerprint density at radius 1 is 1.15 bits per heavy atom. The Kier molecular flexibility index (Phi) is 3.81. The molecule has 3 rings (SSSR count).